The van der Waals surface area contributed by atoms with Crippen molar-refractivity contribution in [2.75, 3.05) is 0 Å². The first-order valence-corrected chi connectivity index (χ1v) is 2.66. The van der Waals surface area contributed by atoms with Crippen molar-refractivity contribution in [3.05, 3.63) is 0 Å². The molecule has 0 aliphatic rings. The summed E-state index contributed by atoms with van der Waals surface area (Å²) in [7, 11) is 0. The van der Waals surface area contributed by atoms with Gasteiger partial charge in [0.1, 0.15) is 0 Å². The highest BCUT2D eigenvalue weighted by molar-refractivity contribution is 7.86. The summed E-state index contributed by atoms with van der Waals surface area (Å²) in [6.45, 7) is 5.87. The lowest BCUT2D eigenvalue weighted by Crippen LogP contribution is -2.00. The summed E-state index contributed by atoms with van der Waals surface area (Å²) in [5.74, 6) is 0. The highest BCUT2D eigenvalue weighted by Gasteiger charge is 2.04. The third kappa shape index (κ3) is 3.93. The zero-order valence-corrected chi connectivity index (χ0v) is 5.17. The summed E-state index contributed by atoms with van der Waals surface area (Å²) in [4.78, 5) is 0. The van der Waals surface area contributed by atoms with Gasteiger partial charge in [0.15, 0.2) is 0 Å². The Kier molecular flexibility index (Phi) is 1.57. The molecule has 2 heteroatoms. The van der Waals surface area contributed by atoms with Gasteiger partial charge < -0.3 is 0 Å². The van der Waals surface area contributed by atoms with Crippen molar-refractivity contribution in [2.45, 2.75) is 25.5 Å². The molecule has 0 aromatic carbocycles. The van der Waals surface area contributed by atoms with Crippen LogP contribution < -0.4 is 0 Å². The summed E-state index contributed by atoms with van der Waals surface area (Å²) in [5, 5.41) is 0. The van der Waals surface area contributed by atoms with Crippen LogP contribution in [0.4, 0.5) is 0 Å². The van der Waals surface area contributed by atoms with E-state index in [0.717, 1.165) is 11.4 Å². The van der Waals surface area contributed by atoms with Gasteiger partial charge in [-0.15, -0.1) is 0 Å². The van der Waals surface area contributed by atoms with Gasteiger partial charge in [-0.25, -0.2) is 0 Å². The first kappa shape index (κ1) is 5.93. The predicted molar refractivity (Wildman–Crippen MR) is 29.1 cm³/mol. The normalized spacial score (nSPS) is 11.0. The van der Waals surface area contributed by atoms with Crippen molar-refractivity contribution in [2.24, 2.45) is 0 Å². The molecule has 0 atom stereocenters. The van der Waals surface area contributed by atoms with E-state index < -0.39 is 0 Å². The van der Waals surface area contributed by atoms with Gasteiger partial charge in [-0.3, -0.25) is 0 Å². The van der Waals surface area contributed by atoms with Crippen LogP contribution in [0.1, 0.15) is 20.8 Å². The minimum Gasteiger partial charge on any atom is -0.177 e. The van der Waals surface area contributed by atoms with Crippen molar-refractivity contribution < 1.29 is 0 Å². The third-order valence-electron chi connectivity index (χ3n) is 0.274. The second kappa shape index (κ2) is 1.59. The molecule has 0 amide bonds. The molecule has 0 saturated heterocycles. The maximum atomic E-state index is 8.32. The Bertz CT molecular complexity index is 74.5. The topological polar surface area (TPSA) is 23.8 Å². The van der Waals surface area contributed by atoms with Gasteiger partial charge >= 0.3 is 0 Å². The van der Waals surface area contributed by atoms with Crippen LogP contribution in [0.25, 0.3) is 0 Å². The average molecular weight is 103 g/mol. The Hall–Kier alpha value is -0.0700. The molecule has 6 heavy (non-hydrogen) atoms. The fourth-order valence-electron chi connectivity index (χ4n) is 0. The van der Waals surface area contributed by atoms with Gasteiger partial charge in [0.2, 0.25) is 0 Å². The van der Waals surface area contributed by atoms with Crippen LogP contribution in [0, 0.1) is 4.61 Å². The van der Waals surface area contributed by atoms with Gasteiger partial charge in [0.25, 0.3) is 0 Å². The second-order valence-electron chi connectivity index (χ2n) is 2.20. The summed E-state index contributed by atoms with van der Waals surface area (Å²) in [6, 6.07) is 0. The molecule has 0 rings (SSSR count). The SMILES string of the molecule is CC(C)(C)S#N. The van der Waals surface area contributed by atoms with Crippen LogP contribution in [0.3, 0.4) is 0 Å². The molecule has 0 saturated carbocycles. The van der Waals surface area contributed by atoms with Crippen LogP contribution >= 0.6 is 11.4 Å². The molecule has 0 unspecified atom stereocenters. The molecule has 0 heterocycles. The molecular weight excluding hydrogens is 94.1 g/mol. The van der Waals surface area contributed by atoms with Gasteiger partial charge in [-0.2, -0.15) is 4.61 Å². The van der Waals surface area contributed by atoms with Crippen molar-refractivity contribution in [3.8, 4) is 0 Å². The van der Waals surface area contributed by atoms with E-state index in [1.165, 1.54) is 0 Å². The molecule has 0 aromatic rings. The van der Waals surface area contributed by atoms with Gasteiger partial charge in [-0.05, 0) is 20.8 Å². The maximum absolute atomic E-state index is 8.32. The summed E-state index contributed by atoms with van der Waals surface area (Å²) in [5.41, 5.74) is 0. The van der Waals surface area contributed by atoms with Crippen molar-refractivity contribution in [1.29, 1.82) is 4.61 Å². The largest absolute Gasteiger partial charge is 0.177 e. The maximum Gasteiger partial charge on any atom is 0.0566 e. The number of nitrogens with zero attached hydrogens (tertiary/aromatic N) is 1. The highest BCUT2D eigenvalue weighted by atomic mass is 32.1. The fourth-order valence-corrected chi connectivity index (χ4v) is 0. The number of rotatable bonds is 0. The molecule has 0 bridgehead atoms. The van der Waals surface area contributed by atoms with Gasteiger partial charge in [0, 0.05) is 11.4 Å². The Morgan fingerprint density at radius 3 is 1.50 bits per heavy atom. The lowest BCUT2D eigenvalue weighted by Gasteiger charge is -2.01. The van der Waals surface area contributed by atoms with E-state index in [9.17, 15) is 0 Å². The summed E-state index contributed by atoms with van der Waals surface area (Å²) in [6.07, 6.45) is 0. The first-order chi connectivity index (χ1) is 2.56. The van der Waals surface area contributed by atoms with Gasteiger partial charge in [-0.1, -0.05) is 0 Å². The molecular formula is C4H9NS. The molecule has 0 spiro atoms. The Morgan fingerprint density at radius 1 is 1.33 bits per heavy atom. The standard InChI is InChI=1S/C4H9NS/c1-4(2,3)6-5/h1-3H3. The van der Waals surface area contributed by atoms with E-state index in [1.807, 2.05) is 20.8 Å². The van der Waals surface area contributed by atoms with Crippen molar-refractivity contribution >= 4 is 11.4 Å². The molecule has 0 fully saturated rings. The van der Waals surface area contributed by atoms with Crippen LogP contribution in [0.5, 0.6) is 0 Å². The molecule has 0 aliphatic carbocycles. The molecule has 0 aliphatic heterocycles. The first-order valence-electron chi connectivity index (χ1n) is 1.89. The lowest BCUT2D eigenvalue weighted by molar-refractivity contribution is 0.808. The van der Waals surface area contributed by atoms with E-state index in [-0.39, 0.29) is 4.75 Å². The highest BCUT2D eigenvalue weighted by Crippen LogP contribution is 2.10. The molecule has 36 valence electrons. The average Bonchev–Trinajstić information content (AvgIpc) is 1.35. The van der Waals surface area contributed by atoms with Crippen molar-refractivity contribution in [3.63, 3.8) is 0 Å². The van der Waals surface area contributed by atoms with E-state index in [0.29, 0.717) is 0 Å². The molecule has 0 radical (unpaired) electrons. The molecule has 0 aromatic heterocycles. The molecule has 0 N–H and O–H groups in total. The van der Waals surface area contributed by atoms with Crippen LogP contribution in [-0.4, -0.2) is 4.75 Å². The lowest BCUT2D eigenvalue weighted by atomic mass is 10.3. The zero-order chi connectivity index (χ0) is 5.21. The quantitative estimate of drug-likeness (QED) is 0.460. The van der Waals surface area contributed by atoms with Crippen LogP contribution in [0.2, 0.25) is 0 Å². The minimum atomic E-state index is 0.0139. The smallest absolute Gasteiger partial charge is 0.0566 e. The third-order valence-corrected chi connectivity index (χ3v) is 0.822. The Labute approximate surface area is 42.3 Å². The van der Waals surface area contributed by atoms with E-state index in [4.69, 9.17) is 4.61 Å². The predicted octanol–water partition coefficient (Wildman–Crippen LogP) is 2.00. The van der Waals surface area contributed by atoms with Crippen molar-refractivity contribution in [1.82, 2.24) is 0 Å². The number of hydrogen-bond donors (Lipinski definition) is 0. The zero-order valence-electron chi connectivity index (χ0n) is 4.36. The monoisotopic (exact) mass is 103 g/mol. The fraction of sp³-hybridized carbons (Fsp3) is 1.00. The molecule has 1 nitrogen and oxygen atoms in total. The van der Waals surface area contributed by atoms with E-state index in [1.54, 1.807) is 0 Å². The summed E-state index contributed by atoms with van der Waals surface area (Å²) < 4.78 is 8.33. The van der Waals surface area contributed by atoms with Crippen LogP contribution in [0.15, 0.2) is 0 Å². The van der Waals surface area contributed by atoms with E-state index >= 15 is 0 Å². The summed E-state index contributed by atoms with van der Waals surface area (Å²) >= 11 is 0.882. The minimum absolute atomic E-state index is 0.0139. The number of hydrogen-bond acceptors (Lipinski definition) is 1. The Morgan fingerprint density at radius 2 is 1.50 bits per heavy atom. The van der Waals surface area contributed by atoms with Crippen LogP contribution in [-0.2, 0) is 0 Å². The van der Waals surface area contributed by atoms with Gasteiger partial charge in [0.05, 0.1) is 4.75 Å². The Balaban J connectivity index is 3.55. The van der Waals surface area contributed by atoms with E-state index in [2.05, 4.69) is 0 Å². The second-order valence-corrected chi connectivity index (χ2v) is 3.61.